The first-order valence-electron chi connectivity index (χ1n) is 7.81. The molecule has 2 bridgehead atoms. The van der Waals surface area contributed by atoms with E-state index in [4.69, 9.17) is 5.73 Å². The van der Waals surface area contributed by atoms with Crippen molar-refractivity contribution in [3.8, 4) is 0 Å². The van der Waals surface area contributed by atoms with E-state index < -0.39 is 0 Å². The molecule has 0 radical (unpaired) electrons. The van der Waals surface area contributed by atoms with Crippen LogP contribution < -0.4 is 11.1 Å². The topological polar surface area (TPSA) is 38.0 Å². The monoisotopic (exact) mass is 262 g/mol. The second kappa shape index (κ2) is 5.80. The summed E-state index contributed by atoms with van der Waals surface area (Å²) in [6.45, 7) is 8.73. The normalized spacial score (nSPS) is 40.6. The van der Waals surface area contributed by atoms with Crippen LogP contribution in [-0.2, 0) is 0 Å². The molecule has 0 aromatic heterocycles. The van der Waals surface area contributed by atoms with E-state index in [1.54, 1.807) is 0 Å². The Hall–Kier alpha value is -0.600. The number of fused-ring (bicyclic) bond motifs is 6. The van der Waals surface area contributed by atoms with Gasteiger partial charge in [-0.05, 0) is 76.8 Å². The highest BCUT2D eigenvalue weighted by Crippen LogP contribution is 2.39. The Balaban J connectivity index is 2.33. The average Bonchev–Trinajstić information content (AvgIpc) is 2.41. The van der Waals surface area contributed by atoms with Gasteiger partial charge in [-0.2, -0.15) is 0 Å². The van der Waals surface area contributed by atoms with Crippen LogP contribution in [0.3, 0.4) is 0 Å². The second-order valence-corrected chi connectivity index (χ2v) is 6.86. The molecule has 108 valence electrons. The van der Waals surface area contributed by atoms with Crippen LogP contribution in [0.5, 0.6) is 0 Å². The smallest absolute Gasteiger partial charge is 0.0358 e. The van der Waals surface area contributed by atoms with Gasteiger partial charge >= 0.3 is 0 Å². The maximum Gasteiger partial charge on any atom is 0.0358 e. The summed E-state index contributed by atoms with van der Waals surface area (Å²) in [6, 6.07) is 0.324. The van der Waals surface area contributed by atoms with Crippen LogP contribution in [0.25, 0.3) is 0 Å². The van der Waals surface area contributed by atoms with Crippen molar-refractivity contribution in [1.82, 2.24) is 5.32 Å². The number of hydrogen-bond acceptors (Lipinski definition) is 2. The van der Waals surface area contributed by atoms with Gasteiger partial charge in [0.1, 0.15) is 0 Å². The Kier molecular flexibility index (Phi) is 4.52. The first kappa shape index (κ1) is 14.8. The molecule has 3 rings (SSSR count). The fourth-order valence-electron chi connectivity index (χ4n) is 3.73. The Morgan fingerprint density at radius 2 is 1.95 bits per heavy atom. The molecule has 0 aromatic carbocycles. The molecule has 0 spiro atoms. The second-order valence-electron chi connectivity index (χ2n) is 6.86. The molecule has 3 aliphatic rings. The molecule has 2 unspecified atom stereocenters. The lowest BCUT2D eigenvalue weighted by molar-refractivity contribution is 0.265. The minimum absolute atomic E-state index is 0.206. The van der Waals surface area contributed by atoms with Gasteiger partial charge in [0.05, 0.1) is 0 Å². The summed E-state index contributed by atoms with van der Waals surface area (Å²) < 4.78 is 0. The molecule has 0 aliphatic heterocycles. The number of nitrogens with two attached hydrogens (primary N) is 1. The van der Waals surface area contributed by atoms with Crippen LogP contribution in [0, 0.1) is 11.8 Å². The Bertz CT molecular complexity index is 359. The SMILES string of the molecule is C=C1/C=C(/C(C)NC)C(C)(N)CCC2CCC1CC2. The van der Waals surface area contributed by atoms with E-state index in [-0.39, 0.29) is 5.54 Å². The summed E-state index contributed by atoms with van der Waals surface area (Å²) in [5.74, 6) is 1.57. The summed E-state index contributed by atoms with van der Waals surface area (Å²) >= 11 is 0. The molecule has 0 saturated heterocycles. The van der Waals surface area contributed by atoms with E-state index >= 15 is 0 Å². The van der Waals surface area contributed by atoms with Crippen LogP contribution in [0.2, 0.25) is 0 Å². The van der Waals surface area contributed by atoms with Crippen molar-refractivity contribution in [2.75, 3.05) is 7.05 Å². The number of nitrogens with one attached hydrogen (secondary N) is 1. The van der Waals surface area contributed by atoms with Crippen molar-refractivity contribution in [2.45, 2.75) is 64.0 Å². The molecule has 0 heterocycles. The van der Waals surface area contributed by atoms with Crippen molar-refractivity contribution < 1.29 is 0 Å². The standard InChI is InChI=1S/C17H30N2/c1-12-11-16(13(2)19-4)17(3,18)10-9-14-5-7-15(12)8-6-14/h11,13-15,19H,1,5-10,18H2,2-4H3/b16-11-. The molecule has 0 amide bonds. The third kappa shape index (κ3) is 3.29. The summed E-state index contributed by atoms with van der Waals surface area (Å²) in [7, 11) is 2.01. The predicted octanol–water partition coefficient (Wildman–Crippen LogP) is 3.39. The Labute approximate surface area is 118 Å². The highest BCUT2D eigenvalue weighted by atomic mass is 14.9. The van der Waals surface area contributed by atoms with E-state index in [0.29, 0.717) is 12.0 Å². The molecule has 0 aromatic rings. The highest BCUT2D eigenvalue weighted by molar-refractivity contribution is 5.33. The van der Waals surface area contributed by atoms with Gasteiger partial charge in [-0.1, -0.05) is 18.2 Å². The summed E-state index contributed by atoms with van der Waals surface area (Å²) in [4.78, 5) is 0. The molecule has 3 N–H and O–H groups in total. The number of rotatable bonds is 2. The van der Waals surface area contributed by atoms with Gasteiger partial charge in [-0.15, -0.1) is 0 Å². The minimum atomic E-state index is -0.206. The van der Waals surface area contributed by atoms with Crippen molar-refractivity contribution >= 4 is 0 Å². The molecule has 3 aliphatic carbocycles. The molecule has 1 saturated carbocycles. The summed E-state index contributed by atoms with van der Waals surface area (Å²) in [5, 5.41) is 3.35. The average molecular weight is 262 g/mol. The van der Waals surface area contributed by atoms with Gasteiger partial charge in [0.15, 0.2) is 0 Å². The molecule has 2 heteroatoms. The zero-order valence-corrected chi connectivity index (χ0v) is 12.8. The number of likely N-dealkylation sites (N-methyl/N-ethyl adjacent to an activating group) is 1. The van der Waals surface area contributed by atoms with Gasteiger partial charge < -0.3 is 11.1 Å². The van der Waals surface area contributed by atoms with Crippen molar-refractivity contribution in [2.24, 2.45) is 17.6 Å². The molecule has 1 fully saturated rings. The van der Waals surface area contributed by atoms with Crippen molar-refractivity contribution in [3.63, 3.8) is 0 Å². The van der Waals surface area contributed by atoms with E-state index in [1.807, 2.05) is 7.05 Å². The first-order valence-corrected chi connectivity index (χ1v) is 7.81. The van der Waals surface area contributed by atoms with Crippen molar-refractivity contribution in [3.05, 3.63) is 23.8 Å². The lowest BCUT2D eigenvalue weighted by atomic mass is 9.71. The fourth-order valence-corrected chi connectivity index (χ4v) is 3.73. The van der Waals surface area contributed by atoms with Gasteiger partial charge in [0.2, 0.25) is 0 Å². The lowest BCUT2D eigenvalue weighted by Gasteiger charge is -2.38. The molecular formula is C17H30N2. The maximum absolute atomic E-state index is 6.63. The minimum Gasteiger partial charge on any atom is -0.322 e. The van der Waals surface area contributed by atoms with E-state index in [1.165, 1.54) is 43.3 Å². The third-order valence-electron chi connectivity index (χ3n) is 5.34. The van der Waals surface area contributed by atoms with Crippen LogP contribution in [-0.4, -0.2) is 18.6 Å². The van der Waals surface area contributed by atoms with Gasteiger partial charge in [-0.25, -0.2) is 0 Å². The van der Waals surface area contributed by atoms with E-state index in [9.17, 15) is 0 Å². The lowest BCUT2D eigenvalue weighted by Crippen LogP contribution is -2.46. The molecular weight excluding hydrogens is 232 g/mol. The zero-order chi connectivity index (χ0) is 14.0. The molecule has 2 atom stereocenters. The largest absolute Gasteiger partial charge is 0.322 e. The molecule has 19 heavy (non-hydrogen) atoms. The van der Waals surface area contributed by atoms with Crippen LogP contribution >= 0.6 is 0 Å². The first-order chi connectivity index (χ1) is 8.94. The Morgan fingerprint density at radius 3 is 2.53 bits per heavy atom. The Morgan fingerprint density at radius 1 is 1.32 bits per heavy atom. The van der Waals surface area contributed by atoms with Gasteiger partial charge in [0, 0.05) is 11.6 Å². The predicted molar refractivity (Wildman–Crippen MR) is 83.0 cm³/mol. The van der Waals surface area contributed by atoms with Gasteiger partial charge in [-0.3, -0.25) is 0 Å². The highest BCUT2D eigenvalue weighted by Gasteiger charge is 2.32. The third-order valence-corrected chi connectivity index (χ3v) is 5.34. The summed E-state index contributed by atoms with van der Waals surface area (Å²) in [5.41, 5.74) is 9.05. The van der Waals surface area contributed by atoms with Crippen LogP contribution in [0.1, 0.15) is 52.4 Å². The zero-order valence-electron chi connectivity index (χ0n) is 12.8. The van der Waals surface area contributed by atoms with E-state index in [0.717, 1.165) is 12.3 Å². The fraction of sp³-hybridized carbons (Fsp3) is 0.765. The van der Waals surface area contributed by atoms with Crippen LogP contribution in [0.15, 0.2) is 23.8 Å². The maximum atomic E-state index is 6.63. The number of hydrogen-bond donors (Lipinski definition) is 2. The van der Waals surface area contributed by atoms with Crippen LogP contribution in [0.4, 0.5) is 0 Å². The van der Waals surface area contributed by atoms with Gasteiger partial charge in [0.25, 0.3) is 0 Å². The van der Waals surface area contributed by atoms with Crippen molar-refractivity contribution in [1.29, 1.82) is 0 Å². The van der Waals surface area contributed by atoms with E-state index in [2.05, 4.69) is 31.8 Å². The quantitative estimate of drug-likeness (QED) is 0.800. The number of allylic oxidation sites excluding steroid dienone is 2. The molecule has 2 nitrogen and oxygen atoms in total. The summed E-state index contributed by atoms with van der Waals surface area (Å²) in [6.07, 6.45) is 10.0.